The molecule has 290 valence electrons. The second kappa shape index (κ2) is 25.2. The summed E-state index contributed by atoms with van der Waals surface area (Å²) in [4.78, 5) is 39.0. The van der Waals surface area contributed by atoms with Crippen LogP contribution in [0.2, 0.25) is 0 Å². The van der Waals surface area contributed by atoms with Gasteiger partial charge in [-0.15, -0.1) is 0 Å². The number of carbonyl (C=O) groups is 3. The summed E-state index contributed by atoms with van der Waals surface area (Å²) in [6.45, 7) is 5.61. The van der Waals surface area contributed by atoms with Gasteiger partial charge < -0.3 is 16.0 Å². The van der Waals surface area contributed by atoms with Crippen molar-refractivity contribution in [1.82, 2.24) is 16.0 Å². The molecule has 0 aliphatic rings. The Morgan fingerprint density at radius 2 is 0.736 bits per heavy atom. The van der Waals surface area contributed by atoms with Crippen LogP contribution in [0.5, 0.6) is 0 Å². The van der Waals surface area contributed by atoms with Crippen molar-refractivity contribution in [2.75, 3.05) is 19.8 Å². The molecule has 0 bridgehead atoms. The van der Waals surface area contributed by atoms with Crippen molar-refractivity contribution < 1.29 is 32.5 Å². The van der Waals surface area contributed by atoms with Gasteiger partial charge >= 0.3 is 7.82 Å². The molecule has 3 aromatic rings. The molecule has 0 radical (unpaired) electrons. The number of nitrogens with one attached hydrogen (secondary N) is 3. The average molecular weight is 750 g/mol. The van der Waals surface area contributed by atoms with E-state index in [9.17, 15) is 18.9 Å². The van der Waals surface area contributed by atoms with Gasteiger partial charge in [0.25, 0.3) is 0 Å². The molecule has 53 heavy (non-hydrogen) atoms. The summed E-state index contributed by atoms with van der Waals surface area (Å²) in [6.07, 6.45) is 9.11. The molecule has 0 fully saturated rings. The third kappa shape index (κ3) is 17.2. The monoisotopic (exact) mass is 749 g/mol. The third-order valence-electron chi connectivity index (χ3n) is 8.83. The Bertz CT molecular complexity index is 1330. The maximum absolute atomic E-state index is 14.7. The number of unbranched alkanes of at least 4 members (excludes halogenated alkanes) is 6. The molecule has 0 saturated heterocycles. The van der Waals surface area contributed by atoms with E-state index in [2.05, 4.69) is 36.7 Å². The maximum atomic E-state index is 14.7. The van der Waals surface area contributed by atoms with Gasteiger partial charge in [-0.3, -0.25) is 28.0 Å². The van der Waals surface area contributed by atoms with E-state index in [1.165, 1.54) is 0 Å². The van der Waals surface area contributed by atoms with Crippen molar-refractivity contribution in [3.8, 4) is 0 Å². The molecule has 0 spiro atoms. The first kappa shape index (κ1) is 43.6. The van der Waals surface area contributed by atoms with Crippen molar-refractivity contribution in [2.24, 2.45) is 0 Å². The molecule has 3 rings (SSSR count). The van der Waals surface area contributed by atoms with Crippen molar-refractivity contribution >= 4 is 25.5 Å². The Labute approximate surface area is 316 Å². The molecule has 3 aromatic carbocycles. The third-order valence-corrected chi connectivity index (χ3v) is 10.2. The fourth-order valence-electron chi connectivity index (χ4n) is 5.74. The van der Waals surface area contributed by atoms with Crippen molar-refractivity contribution in [1.29, 1.82) is 0 Å². The molecular weight excluding hydrogens is 689 g/mol. The Balaban J connectivity index is 1.88. The molecule has 0 heterocycles. The number of rotatable bonds is 27. The minimum Gasteiger partial charge on any atom is -0.347 e. The second-order valence-corrected chi connectivity index (χ2v) is 15.0. The summed E-state index contributed by atoms with van der Waals surface area (Å²) < 4.78 is 33.0. The molecule has 0 aromatic heterocycles. The summed E-state index contributed by atoms with van der Waals surface area (Å²) in [6, 6.07) is 26.1. The number of hydrogen-bond donors (Lipinski definition) is 3. The molecule has 3 atom stereocenters. The molecule has 3 amide bonds. The van der Waals surface area contributed by atoms with Crippen LogP contribution < -0.4 is 16.0 Å². The van der Waals surface area contributed by atoms with Gasteiger partial charge in [0.15, 0.2) is 0 Å². The van der Waals surface area contributed by atoms with Crippen LogP contribution in [-0.2, 0) is 32.5 Å². The van der Waals surface area contributed by atoms with Crippen molar-refractivity contribution in [2.45, 2.75) is 116 Å². The number of carbonyl (C=O) groups excluding carboxylic acids is 3. The van der Waals surface area contributed by atoms with Crippen LogP contribution >= 0.6 is 7.82 Å². The van der Waals surface area contributed by atoms with Crippen LogP contribution in [0.15, 0.2) is 91.0 Å². The zero-order chi connectivity index (χ0) is 38.2. The van der Waals surface area contributed by atoms with Crippen LogP contribution in [0.1, 0.15) is 133 Å². The van der Waals surface area contributed by atoms with E-state index in [4.69, 9.17) is 13.6 Å². The van der Waals surface area contributed by atoms with Crippen molar-refractivity contribution in [3.63, 3.8) is 0 Å². The summed E-state index contributed by atoms with van der Waals surface area (Å²) in [5.41, 5.74) is 2.31. The largest absolute Gasteiger partial charge is 0.475 e. The Morgan fingerprint density at radius 3 is 0.981 bits per heavy atom. The molecule has 0 aliphatic carbocycles. The highest BCUT2D eigenvalue weighted by molar-refractivity contribution is 7.48. The van der Waals surface area contributed by atoms with Crippen LogP contribution in [0, 0.1) is 0 Å². The predicted molar refractivity (Wildman–Crippen MR) is 210 cm³/mol. The first-order valence-corrected chi connectivity index (χ1v) is 20.8. The number of phosphoric acid groups is 1. The van der Waals surface area contributed by atoms with Gasteiger partial charge in [-0.2, -0.15) is 0 Å². The number of amides is 3. The fourth-order valence-corrected chi connectivity index (χ4v) is 6.95. The van der Waals surface area contributed by atoms with E-state index in [1.807, 2.05) is 91.0 Å². The number of benzene rings is 3. The lowest BCUT2D eigenvalue weighted by atomic mass is 10.1. The maximum Gasteiger partial charge on any atom is 0.475 e. The molecule has 11 heteroatoms. The SMILES string of the molecule is CCCCCC(=O)N[C@@H](COP(=O)(OC[C@H](NC(=O)CCCCC)c1ccccc1)OC[C@H](NC(=O)CCCCC)c1ccccc1)c1ccccc1. The first-order chi connectivity index (χ1) is 25.8. The minimum atomic E-state index is -4.40. The van der Waals surface area contributed by atoms with Gasteiger partial charge in [-0.1, -0.05) is 150 Å². The van der Waals surface area contributed by atoms with Gasteiger partial charge in [-0.25, -0.2) is 4.57 Å². The first-order valence-electron chi connectivity index (χ1n) is 19.3. The highest BCUT2D eigenvalue weighted by atomic mass is 31.2. The van der Waals surface area contributed by atoms with E-state index < -0.39 is 25.9 Å². The smallest absolute Gasteiger partial charge is 0.347 e. The van der Waals surface area contributed by atoms with Gasteiger partial charge in [0.1, 0.15) is 0 Å². The number of hydrogen-bond acceptors (Lipinski definition) is 7. The number of phosphoric ester groups is 1. The van der Waals surface area contributed by atoms with Crippen LogP contribution in [0.3, 0.4) is 0 Å². The predicted octanol–water partition coefficient (Wildman–Crippen LogP) is 9.46. The second-order valence-electron chi connectivity index (χ2n) is 13.3. The Kier molecular flexibility index (Phi) is 20.8. The lowest BCUT2D eigenvalue weighted by Crippen LogP contribution is -2.33. The highest BCUT2D eigenvalue weighted by Gasteiger charge is 2.33. The molecular formula is C42H60N3O7P. The van der Waals surface area contributed by atoms with E-state index in [-0.39, 0.29) is 37.5 Å². The van der Waals surface area contributed by atoms with Gasteiger partial charge in [0.2, 0.25) is 17.7 Å². The van der Waals surface area contributed by atoms with Gasteiger partial charge in [-0.05, 0) is 36.0 Å². The highest BCUT2D eigenvalue weighted by Crippen LogP contribution is 2.51. The fraction of sp³-hybridized carbons (Fsp3) is 0.500. The van der Waals surface area contributed by atoms with E-state index in [0.29, 0.717) is 19.3 Å². The van der Waals surface area contributed by atoms with Crippen LogP contribution in [0.4, 0.5) is 0 Å². The summed E-state index contributed by atoms with van der Waals surface area (Å²) in [5.74, 6) is -0.424. The van der Waals surface area contributed by atoms with Gasteiger partial charge in [0.05, 0.1) is 37.9 Å². The van der Waals surface area contributed by atoms with Crippen LogP contribution in [-0.4, -0.2) is 37.5 Å². The van der Waals surface area contributed by atoms with E-state index in [1.54, 1.807) is 0 Å². The lowest BCUT2D eigenvalue weighted by molar-refractivity contribution is -0.122. The molecule has 3 N–H and O–H groups in total. The molecule has 10 nitrogen and oxygen atoms in total. The molecule has 0 saturated carbocycles. The summed E-state index contributed by atoms with van der Waals surface area (Å²) in [5, 5.41) is 9.11. The molecule has 0 unspecified atom stereocenters. The summed E-state index contributed by atoms with van der Waals surface area (Å²) in [7, 11) is -4.40. The normalized spacial score (nSPS) is 13.1. The van der Waals surface area contributed by atoms with Crippen molar-refractivity contribution in [3.05, 3.63) is 108 Å². The Hall–Kier alpha value is -3.82. The molecule has 0 aliphatic heterocycles. The topological polar surface area (TPSA) is 132 Å². The van der Waals surface area contributed by atoms with E-state index in [0.717, 1.165) is 74.5 Å². The van der Waals surface area contributed by atoms with E-state index >= 15 is 0 Å². The zero-order valence-electron chi connectivity index (χ0n) is 31.8. The van der Waals surface area contributed by atoms with Gasteiger partial charge in [0, 0.05) is 19.3 Å². The van der Waals surface area contributed by atoms with Crippen LogP contribution in [0.25, 0.3) is 0 Å². The minimum absolute atomic E-state index is 0.141. The summed E-state index contributed by atoms with van der Waals surface area (Å²) >= 11 is 0. The Morgan fingerprint density at radius 1 is 0.472 bits per heavy atom. The standard InChI is InChI=1S/C42H60N3O7P/c1-4-7-13-28-40(46)43-37(34-22-16-10-17-23-34)31-50-53(49,51-32-38(35-24-18-11-19-25-35)44-41(47)29-14-8-5-2)52-33-39(36-26-20-12-21-27-36)45-42(48)30-15-9-6-3/h10-12,16-27,37-39H,4-9,13-15,28-33H2,1-3H3,(H,43,46)(H,44,47)(H,45,48)/t37-,38-,39-/m0/s1. The zero-order valence-corrected chi connectivity index (χ0v) is 32.7. The average Bonchev–Trinajstić information content (AvgIpc) is 3.18. The lowest BCUT2D eigenvalue weighted by Gasteiger charge is -2.27. The quantitative estimate of drug-likeness (QED) is 0.0523.